The molecule has 5 aliphatic carbocycles. The third kappa shape index (κ3) is 20.2. The van der Waals surface area contributed by atoms with E-state index in [1.165, 1.54) is 60.3 Å². The maximum Gasteiger partial charge on any atom is 0.331 e. The quantitative estimate of drug-likeness (QED) is 0.0106. The minimum atomic E-state index is -2.64. The summed E-state index contributed by atoms with van der Waals surface area (Å²) in [5, 5.41) is 227. The molecule has 11 fully saturated rings. The summed E-state index contributed by atoms with van der Waals surface area (Å²) >= 11 is 0. The average molecular weight is 1940 g/mol. The standard InChI is InChI=1S/C89H132O46/c1-36-64(129-73-62(108)66(43(95)31-120-73)130-74-59(105)55(101)47(30-91)125-74)68(131-79-71(110)89(115,35-122-79)34-121-53(99)28-83(6,114)27-51(96)97)63(109)77(123-36)133-70-69(132-75-60(106)58(104)56(102)48(127-75)32-119-38(3)93)65(128-52(98)16-13-39-23-44(116-10)67(118-12)45(24-39)117-11)37(2)124-78(70)135-81(113)87-20-19-82(4,5)25-41(87)40-14-15-49-84(7)26-42(94)72(134-76-61(107)57(103)54(100)46(29-90)126-76)86(9,80(111)112)50(84)17-18-85(49,8)88(40,33-92)22-21-87/h13-14,16,23-24,36-37,41-43,46-50,54-66,68-79,90-92,94-95,100-110,114-115H,15,17-22,25-35H2,1-12H3,(H,96,97)(H,111,112)/t36-,37+,41-,42-,43+,46+,47+,48+,49+,50+,54+,55+,56+,57-,58-,59-,60+,61+,62+,63+,64-,65-,66-,68-,69-,70+,71-,72-,73-,74-,75-,76-,77-,78-,79-,83-,84+,85+,86-,87-,88-,89+/m0/s1. The zero-order valence-corrected chi connectivity index (χ0v) is 76.9. The Labute approximate surface area is 775 Å². The minimum absolute atomic E-state index is 0.0472. The number of aliphatic hydroxyl groups is 18. The van der Waals surface area contributed by atoms with E-state index in [9.17, 15) is 126 Å². The molecule has 0 spiro atoms. The molecule has 7 heterocycles. The van der Waals surface area contributed by atoms with Gasteiger partial charge in [-0.25, -0.2) is 4.79 Å². The van der Waals surface area contributed by atoms with Crippen LogP contribution in [0.25, 0.3) is 6.08 Å². The van der Waals surface area contributed by atoms with Gasteiger partial charge in [-0.1, -0.05) is 39.3 Å². The molecule has 13 rings (SSSR count). The lowest BCUT2D eigenvalue weighted by molar-refractivity contribution is -0.398. The smallest absolute Gasteiger partial charge is 0.331 e. The van der Waals surface area contributed by atoms with Crippen molar-refractivity contribution in [3.8, 4) is 17.2 Å². The number of carbonyl (C=O) groups excluding carboxylic acids is 4. The zero-order chi connectivity index (χ0) is 99.0. The highest BCUT2D eigenvalue weighted by Crippen LogP contribution is 2.76. The summed E-state index contributed by atoms with van der Waals surface area (Å²) in [6, 6.07) is 2.96. The molecule has 7 aliphatic heterocycles. The number of aliphatic hydroxyl groups excluding tert-OH is 16. The van der Waals surface area contributed by atoms with Crippen LogP contribution in [0.5, 0.6) is 17.2 Å². The second-order valence-corrected chi connectivity index (χ2v) is 39.8. The Bertz CT molecular complexity index is 4350. The van der Waals surface area contributed by atoms with Gasteiger partial charge >= 0.3 is 35.8 Å². The van der Waals surface area contributed by atoms with Gasteiger partial charge in [-0.15, -0.1) is 0 Å². The Morgan fingerprint density at radius 3 is 1.70 bits per heavy atom. The van der Waals surface area contributed by atoms with Crippen molar-refractivity contribution in [1.82, 2.24) is 0 Å². The topological polar surface area (TPSA) is 692 Å². The first kappa shape index (κ1) is 106. The van der Waals surface area contributed by atoms with E-state index in [-0.39, 0.29) is 74.2 Å². The van der Waals surface area contributed by atoms with E-state index in [1.54, 1.807) is 0 Å². The van der Waals surface area contributed by atoms with Crippen LogP contribution in [0, 0.1) is 50.2 Å². The zero-order valence-electron chi connectivity index (χ0n) is 76.9. The molecule has 46 nitrogen and oxygen atoms in total. The van der Waals surface area contributed by atoms with E-state index in [1.807, 2.05) is 33.8 Å². The predicted molar refractivity (Wildman–Crippen MR) is 445 cm³/mol. The van der Waals surface area contributed by atoms with Gasteiger partial charge in [-0.05, 0) is 143 Å². The summed E-state index contributed by atoms with van der Waals surface area (Å²) in [6.45, 7) is 8.29. The number of benzene rings is 1. The largest absolute Gasteiger partial charge is 0.493 e. The Morgan fingerprint density at radius 2 is 1.10 bits per heavy atom. The van der Waals surface area contributed by atoms with Crippen molar-refractivity contribution in [2.24, 2.45) is 50.2 Å². The molecule has 46 heteroatoms. The fourth-order valence-corrected chi connectivity index (χ4v) is 23.1. The normalized spacial score (nSPS) is 45.6. The Balaban J connectivity index is 0.892. The van der Waals surface area contributed by atoms with E-state index in [2.05, 4.69) is 0 Å². The Hall–Kier alpha value is -6.32. The van der Waals surface area contributed by atoms with Crippen LogP contribution in [0.1, 0.15) is 139 Å². The van der Waals surface area contributed by atoms with Crippen LogP contribution in [-0.4, -0.2) is 413 Å². The first-order valence-corrected chi connectivity index (χ1v) is 45.3. The molecule has 135 heavy (non-hydrogen) atoms. The molecular weight excluding hydrogens is 1800 g/mol. The number of carboxylic acid groups (broad SMARTS) is 2. The van der Waals surface area contributed by atoms with E-state index in [0.717, 1.165) is 19.9 Å². The van der Waals surface area contributed by atoms with E-state index >= 15 is 4.79 Å². The van der Waals surface area contributed by atoms with Crippen molar-refractivity contribution in [3.05, 3.63) is 35.4 Å². The lowest BCUT2D eigenvalue weighted by atomic mass is 9.33. The number of methoxy groups -OCH3 is 3. The summed E-state index contributed by atoms with van der Waals surface area (Å²) in [5.74, 6) is -8.85. The number of hydrogen-bond donors (Lipinski definition) is 20. The molecule has 4 saturated carbocycles. The van der Waals surface area contributed by atoms with Crippen LogP contribution in [0.4, 0.5) is 0 Å². The fourth-order valence-electron chi connectivity index (χ4n) is 23.1. The molecule has 0 unspecified atom stereocenters. The molecule has 0 amide bonds. The van der Waals surface area contributed by atoms with Gasteiger partial charge in [0.1, 0.15) is 135 Å². The number of carboxylic acids is 2. The first-order chi connectivity index (χ1) is 63.4. The van der Waals surface area contributed by atoms with Gasteiger partial charge in [0.15, 0.2) is 67.0 Å². The van der Waals surface area contributed by atoms with Crippen LogP contribution in [0.2, 0.25) is 0 Å². The van der Waals surface area contributed by atoms with Crippen LogP contribution in [-0.2, 0) is 109 Å². The number of hydrogen-bond acceptors (Lipinski definition) is 44. The number of rotatable bonds is 32. The lowest BCUT2D eigenvalue weighted by Gasteiger charge is -2.71. The maximum atomic E-state index is 16.9. The summed E-state index contributed by atoms with van der Waals surface area (Å²) in [7, 11) is 4.06. The van der Waals surface area contributed by atoms with Crippen molar-refractivity contribution < 1.29 is 226 Å². The molecule has 12 aliphatic rings. The van der Waals surface area contributed by atoms with Crippen LogP contribution < -0.4 is 14.2 Å². The van der Waals surface area contributed by atoms with Crippen molar-refractivity contribution in [3.63, 3.8) is 0 Å². The molecular formula is C89H132O46. The van der Waals surface area contributed by atoms with E-state index in [4.69, 9.17) is 94.7 Å². The maximum absolute atomic E-state index is 16.9. The van der Waals surface area contributed by atoms with Gasteiger partial charge in [0.2, 0.25) is 12.0 Å². The van der Waals surface area contributed by atoms with Gasteiger partial charge in [0.25, 0.3) is 0 Å². The molecule has 20 N–H and O–H groups in total. The summed E-state index contributed by atoms with van der Waals surface area (Å²) in [5.41, 5.74) is -11.3. The summed E-state index contributed by atoms with van der Waals surface area (Å²) < 4.78 is 121. The highest BCUT2D eigenvalue weighted by molar-refractivity contribution is 5.87. The molecule has 42 atom stereocenters. The Kier molecular flexibility index (Phi) is 32.4. The third-order valence-electron chi connectivity index (χ3n) is 30.6. The third-order valence-corrected chi connectivity index (χ3v) is 30.6. The van der Waals surface area contributed by atoms with E-state index < -0.39 is 353 Å². The highest BCUT2D eigenvalue weighted by Gasteiger charge is 2.75. The monoisotopic (exact) mass is 1940 g/mol. The number of carbonyl (C=O) groups is 6. The molecule has 0 radical (unpaired) electrons. The summed E-state index contributed by atoms with van der Waals surface area (Å²) in [4.78, 5) is 83.1. The van der Waals surface area contributed by atoms with Crippen molar-refractivity contribution in [2.45, 2.75) is 341 Å². The molecule has 0 aromatic heterocycles. The minimum Gasteiger partial charge on any atom is -0.493 e. The van der Waals surface area contributed by atoms with Crippen LogP contribution in [0.3, 0.4) is 0 Å². The predicted octanol–water partition coefficient (Wildman–Crippen LogP) is -4.55. The number of allylic oxidation sites excluding steroid dienone is 1. The van der Waals surface area contributed by atoms with Crippen LogP contribution >= 0.6 is 0 Å². The fraction of sp³-hybridized carbons (Fsp3) is 0.820. The van der Waals surface area contributed by atoms with Gasteiger partial charge in [0.05, 0.1) is 102 Å². The number of fused-ring (bicyclic) bond motifs is 7. The number of esters is 4. The molecule has 0 bridgehead atoms. The van der Waals surface area contributed by atoms with Gasteiger partial charge in [-0.3, -0.25) is 24.0 Å². The van der Waals surface area contributed by atoms with Crippen LogP contribution in [0.15, 0.2) is 29.9 Å². The molecule has 7 saturated heterocycles. The SMILES string of the molecule is COc1cc(C=CC(=O)O[C@@H]2[C@H](O[C@@H]3O[C@H](COC(C)=O)[C@@H](O)[C@H](O)[C@H]3O)[C@@H](O[C@@H]3O[C@@H](C)[C@H](O[C@@H]4OC[C@@H](O)[C@H](O[C@@H]5O[C@H](CO)[C@@H](O)[C@@H]5O)[C@H]4O)[C@@H](O[C@@H]4OC[C@](O)(COC(=O)C[C@@](C)(O)CC(=O)O)[C@H]4O)[C@H]3O)[C@H](OC(=O)[C@]34CCC(C)(C)C[C@H]3C3=CC[C@@H]5[C@@]6(C)C[C@H](O)[C@H](O[C@@H]7O[C@H](CO)[C@@H](O)[C@H](O)[C@H]7O)[C@@](C)(C(=O)O)[C@@H]6CC[C@@]5(C)[C@]3(CO)CC4)O[C@@H]2C)cc(OC)c1OC. The average Bonchev–Trinajstić information content (AvgIpc) is 0.749. The van der Waals surface area contributed by atoms with E-state index in [0.29, 0.717) is 12.0 Å². The molecule has 764 valence electrons. The Morgan fingerprint density at radius 1 is 0.548 bits per heavy atom. The second kappa shape index (κ2) is 41.3. The van der Waals surface area contributed by atoms with Crippen molar-refractivity contribution in [2.75, 3.05) is 67.6 Å². The number of ether oxygens (including phenoxy) is 20. The summed E-state index contributed by atoms with van der Waals surface area (Å²) in [6.07, 6.45) is -58.9. The van der Waals surface area contributed by atoms with Gasteiger partial charge < -0.3 is 197 Å². The van der Waals surface area contributed by atoms with Crippen molar-refractivity contribution in [1.29, 1.82) is 0 Å². The molecule has 1 aromatic carbocycles. The first-order valence-electron chi connectivity index (χ1n) is 45.3. The lowest BCUT2D eigenvalue weighted by Crippen LogP contribution is -2.71. The highest BCUT2D eigenvalue weighted by atomic mass is 16.8. The number of aliphatic carboxylic acids is 2. The van der Waals surface area contributed by atoms with Crippen molar-refractivity contribution >= 4 is 41.9 Å². The van der Waals surface area contributed by atoms with Gasteiger partial charge in [0, 0.05) is 18.4 Å². The second-order valence-electron chi connectivity index (χ2n) is 39.8. The van der Waals surface area contributed by atoms with Gasteiger partial charge in [-0.2, -0.15) is 0 Å². The molecule has 1 aromatic rings.